The van der Waals surface area contributed by atoms with E-state index in [2.05, 4.69) is 11.4 Å². The van der Waals surface area contributed by atoms with Gasteiger partial charge < -0.3 is 14.2 Å². The van der Waals surface area contributed by atoms with E-state index in [9.17, 15) is 0 Å². The Morgan fingerprint density at radius 1 is 1.26 bits per heavy atom. The van der Waals surface area contributed by atoms with E-state index < -0.39 is 0 Å². The second-order valence-electron chi connectivity index (χ2n) is 3.94. The summed E-state index contributed by atoms with van der Waals surface area (Å²) in [6, 6.07) is 7.21. The van der Waals surface area contributed by atoms with Crippen molar-refractivity contribution in [3.63, 3.8) is 0 Å². The number of rotatable bonds is 8. The topological polar surface area (TPSA) is 63.5 Å². The highest BCUT2D eigenvalue weighted by Crippen LogP contribution is 2.36. The van der Waals surface area contributed by atoms with E-state index in [4.69, 9.17) is 19.5 Å². The molecule has 0 fully saturated rings. The maximum atomic E-state index is 9.03. The van der Waals surface area contributed by atoms with E-state index in [1.807, 2.05) is 13.0 Å². The molecule has 0 aromatic heterocycles. The predicted molar refractivity (Wildman–Crippen MR) is 72.7 cm³/mol. The molecule has 0 bridgehead atoms. The second kappa shape index (κ2) is 8.22. The van der Waals surface area contributed by atoms with Crippen LogP contribution in [0.2, 0.25) is 0 Å². The van der Waals surface area contributed by atoms with Gasteiger partial charge in [0.05, 0.1) is 20.3 Å². The van der Waals surface area contributed by atoms with Gasteiger partial charge in [0.1, 0.15) is 12.6 Å². The average molecular weight is 264 g/mol. The molecule has 5 heteroatoms. The fourth-order valence-corrected chi connectivity index (χ4v) is 1.59. The van der Waals surface area contributed by atoms with Crippen molar-refractivity contribution in [3.05, 3.63) is 18.2 Å². The van der Waals surface area contributed by atoms with Crippen LogP contribution in [0.15, 0.2) is 18.2 Å². The van der Waals surface area contributed by atoms with Crippen molar-refractivity contribution < 1.29 is 14.2 Å². The van der Waals surface area contributed by atoms with Crippen LogP contribution in [0.5, 0.6) is 17.2 Å². The molecule has 0 aliphatic rings. The van der Waals surface area contributed by atoms with Gasteiger partial charge in [0.2, 0.25) is 5.75 Å². The Kier molecular flexibility index (Phi) is 6.55. The number of para-hydroxylation sites is 1. The standard InChI is InChI=1S/C14H20N2O3/c1-4-8-16-11(9-15)10-19-14-12(17-2)6-5-7-13(14)18-3/h5-7,11,16H,4,8,10H2,1-3H3. The molecule has 1 aromatic rings. The van der Waals surface area contributed by atoms with E-state index >= 15 is 0 Å². The molecular formula is C14H20N2O3. The molecule has 0 saturated heterocycles. The van der Waals surface area contributed by atoms with Gasteiger partial charge in [0.15, 0.2) is 11.5 Å². The summed E-state index contributed by atoms with van der Waals surface area (Å²) in [6.45, 7) is 3.07. The first kappa shape index (κ1) is 15.1. The van der Waals surface area contributed by atoms with Crippen LogP contribution < -0.4 is 19.5 Å². The zero-order valence-electron chi connectivity index (χ0n) is 11.6. The van der Waals surface area contributed by atoms with Crippen LogP contribution >= 0.6 is 0 Å². The summed E-state index contributed by atoms with van der Waals surface area (Å²) in [6.07, 6.45) is 0.968. The lowest BCUT2D eigenvalue weighted by Gasteiger charge is -2.16. The number of nitrogens with one attached hydrogen (secondary N) is 1. The highest BCUT2D eigenvalue weighted by atomic mass is 16.5. The van der Waals surface area contributed by atoms with Gasteiger partial charge in [-0.3, -0.25) is 5.32 Å². The van der Waals surface area contributed by atoms with Crippen molar-refractivity contribution >= 4 is 0 Å². The largest absolute Gasteiger partial charge is 0.493 e. The Morgan fingerprint density at radius 3 is 2.37 bits per heavy atom. The van der Waals surface area contributed by atoms with Crippen molar-refractivity contribution in [2.45, 2.75) is 19.4 Å². The molecule has 1 aromatic carbocycles. The lowest BCUT2D eigenvalue weighted by molar-refractivity contribution is 0.257. The quantitative estimate of drug-likeness (QED) is 0.777. The fraction of sp³-hybridized carbons (Fsp3) is 0.500. The Hall–Kier alpha value is -1.93. The number of nitrogens with zero attached hydrogens (tertiary/aromatic N) is 1. The van der Waals surface area contributed by atoms with Gasteiger partial charge >= 0.3 is 0 Å². The molecule has 0 heterocycles. The maximum absolute atomic E-state index is 9.03. The van der Waals surface area contributed by atoms with Crippen LogP contribution in [0.1, 0.15) is 13.3 Å². The second-order valence-corrected chi connectivity index (χ2v) is 3.94. The number of benzene rings is 1. The lowest BCUT2D eigenvalue weighted by atomic mass is 10.3. The SMILES string of the molecule is CCCNC(C#N)COc1c(OC)cccc1OC. The van der Waals surface area contributed by atoms with Crippen LogP contribution in [0.3, 0.4) is 0 Å². The number of ether oxygens (including phenoxy) is 3. The molecular weight excluding hydrogens is 244 g/mol. The van der Waals surface area contributed by atoms with E-state index in [0.29, 0.717) is 17.2 Å². The number of hydrogen-bond acceptors (Lipinski definition) is 5. The van der Waals surface area contributed by atoms with E-state index in [1.54, 1.807) is 26.4 Å². The molecule has 104 valence electrons. The molecule has 0 saturated carbocycles. The third kappa shape index (κ3) is 4.34. The molecule has 0 radical (unpaired) electrons. The van der Waals surface area contributed by atoms with Gasteiger partial charge in [-0.2, -0.15) is 5.26 Å². The number of nitriles is 1. The summed E-state index contributed by atoms with van der Waals surface area (Å²) in [7, 11) is 3.14. The summed E-state index contributed by atoms with van der Waals surface area (Å²) in [5.74, 6) is 1.70. The maximum Gasteiger partial charge on any atom is 0.203 e. The smallest absolute Gasteiger partial charge is 0.203 e. The van der Waals surface area contributed by atoms with E-state index in [1.165, 1.54) is 0 Å². The minimum Gasteiger partial charge on any atom is -0.493 e. The van der Waals surface area contributed by atoms with Crippen molar-refractivity contribution in [1.29, 1.82) is 5.26 Å². The van der Waals surface area contributed by atoms with Crippen LogP contribution in [-0.4, -0.2) is 33.4 Å². The molecule has 1 N–H and O–H groups in total. The third-order valence-electron chi connectivity index (χ3n) is 2.57. The van der Waals surface area contributed by atoms with Crippen molar-refractivity contribution in [1.82, 2.24) is 5.32 Å². The highest BCUT2D eigenvalue weighted by molar-refractivity contribution is 5.51. The first-order valence-corrected chi connectivity index (χ1v) is 6.23. The van der Waals surface area contributed by atoms with Crippen LogP contribution in [-0.2, 0) is 0 Å². The Balaban J connectivity index is 2.73. The summed E-state index contributed by atoms with van der Waals surface area (Å²) in [5, 5.41) is 12.1. The molecule has 0 aliphatic carbocycles. The van der Waals surface area contributed by atoms with Crippen LogP contribution in [0.4, 0.5) is 0 Å². The van der Waals surface area contributed by atoms with Gasteiger partial charge in [0.25, 0.3) is 0 Å². The van der Waals surface area contributed by atoms with Gasteiger partial charge in [-0.05, 0) is 25.1 Å². The van der Waals surface area contributed by atoms with Crippen LogP contribution in [0.25, 0.3) is 0 Å². The summed E-state index contributed by atoms with van der Waals surface area (Å²) < 4.78 is 16.1. The van der Waals surface area contributed by atoms with Gasteiger partial charge in [-0.15, -0.1) is 0 Å². The number of methoxy groups -OCH3 is 2. The molecule has 1 unspecified atom stereocenters. The molecule has 5 nitrogen and oxygen atoms in total. The van der Waals surface area contributed by atoms with E-state index in [-0.39, 0.29) is 12.6 Å². The molecule has 19 heavy (non-hydrogen) atoms. The normalized spacial score (nSPS) is 11.5. The van der Waals surface area contributed by atoms with E-state index in [0.717, 1.165) is 13.0 Å². The molecule has 0 aliphatic heterocycles. The molecule has 0 spiro atoms. The van der Waals surface area contributed by atoms with Crippen LogP contribution in [0, 0.1) is 11.3 Å². The number of hydrogen-bond donors (Lipinski definition) is 1. The zero-order chi connectivity index (χ0) is 14.1. The first-order valence-electron chi connectivity index (χ1n) is 6.23. The summed E-state index contributed by atoms with van der Waals surface area (Å²) in [4.78, 5) is 0. The Labute approximate surface area is 114 Å². The van der Waals surface area contributed by atoms with Gasteiger partial charge in [-0.1, -0.05) is 13.0 Å². The molecule has 0 amide bonds. The summed E-state index contributed by atoms with van der Waals surface area (Å²) in [5.41, 5.74) is 0. The Bertz CT molecular complexity index is 407. The minimum atomic E-state index is -0.352. The zero-order valence-corrected chi connectivity index (χ0v) is 11.6. The first-order chi connectivity index (χ1) is 9.26. The average Bonchev–Trinajstić information content (AvgIpc) is 2.47. The summed E-state index contributed by atoms with van der Waals surface area (Å²) >= 11 is 0. The fourth-order valence-electron chi connectivity index (χ4n) is 1.59. The van der Waals surface area contributed by atoms with Crippen molar-refractivity contribution in [2.75, 3.05) is 27.4 Å². The predicted octanol–water partition coefficient (Wildman–Crippen LogP) is 1.97. The third-order valence-corrected chi connectivity index (χ3v) is 2.57. The van der Waals surface area contributed by atoms with Gasteiger partial charge in [0, 0.05) is 0 Å². The molecule has 1 atom stereocenters. The monoisotopic (exact) mass is 264 g/mol. The van der Waals surface area contributed by atoms with Crippen molar-refractivity contribution in [2.24, 2.45) is 0 Å². The highest BCUT2D eigenvalue weighted by Gasteiger charge is 2.14. The molecule has 1 rings (SSSR count). The van der Waals surface area contributed by atoms with Crippen molar-refractivity contribution in [3.8, 4) is 23.3 Å². The van der Waals surface area contributed by atoms with Gasteiger partial charge in [-0.25, -0.2) is 0 Å². The minimum absolute atomic E-state index is 0.243. The lowest BCUT2D eigenvalue weighted by Crippen LogP contribution is -2.33. The Morgan fingerprint density at radius 2 is 1.89 bits per heavy atom.